The maximum Gasteiger partial charge on any atom is 0.270 e. The molecule has 0 aliphatic heterocycles. The van der Waals surface area contributed by atoms with Gasteiger partial charge in [0.1, 0.15) is 11.5 Å². The SMILES string of the molecule is Cc1cc(-c2nnn(C[C@H]3CC[C@H](NS(C)(=O)=O)CC3)n2)cc(C(=O)NCc2ccc(F)c(Cl)c2)n1. The van der Waals surface area contributed by atoms with Crippen molar-refractivity contribution >= 4 is 27.5 Å². The second kappa shape index (κ2) is 11.0. The summed E-state index contributed by atoms with van der Waals surface area (Å²) in [6.45, 7) is 2.52. The van der Waals surface area contributed by atoms with E-state index in [0.717, 1.165) is 25.7 Å². The number of halogens is 2. The topological polar surface area (TPSA) is 132 Å². The zero-order valence-corrected chi connectivity index (χ0v) is 21.5. The Kier molecular flexibility index (Phi) is 7.96. The van der Waals surface area contributed by atoms with E-state index in [1.807, 2.05) is 0 Å². The Hall–Kier alpha value is -2.96. The molecule has 10 nitrogen and oxygen atoms in total. The molecule has 0 radical (unpaired) electrons. The third-order valence-corrected chi connectivity index (χ3v) is 7.03. The monoisotopic (exact) mass is 535 g/mol. The number of benzene rings is 1. The van der Waals surface area contributed by atoms with Crippen molar-refractivity contribution in [3.05, 3.63) is 58.1 Å². The van der Waals surface area contributed by atoms with Gasteiger partial charge in [0.25, 0.3) is 5.91 Å². The molecule has 2 N–H and O–H groups in total. The molecule has 13 heteroatoms. The molecule has 1 saturated carbocycles. The normalized spacial score (nSPS) is 18.2. The first-order chi connectivity index (χ1) is 17.1. The number of amides is 1. The van der Waals surface area contributed by atoms with E-state index >= 15 is 0 Å². The Bertz CT molecular complexity index is 1360. The number of sulfonamides is 1. The van der Waals surface area contributed by atoms with Crippen LogP contribution in [0.5, 0.6) is 0 Å². The summed E-state index contributed by atoms with van der Waals surface area (Å²) < 4.78 is 38.9. The maximum absolute atomic E-state index is 13.3. The van der Waals surface area contributed by atoms with Crippen LogP contribution in [0.1, 0.15) is 47.4 Å². The number of hydrogen-bond acceptors (Lipinski definition) is 7. The van der Waals surface area contributed by atoms with Crippen LogP contribution in [0.25, 0.3) is 11.4 Å². The van der Waals surface area contributed by atoms with Crippen molar-refractivity contribution in [2.24, 2.45) is 5.92 Å². The van der Waals surface area contributed by atoms with Crippen molar-refractivity contribution < 1.29 is 17.6 Å². The van der Waals surface area contributed by atoms with Gasteiger partial charge in [0.15, 0.2) is 0 Å². The van der Waals surface area contributed by atoms with E-state index in [2.05, 4.69) is 30.4 Å². The molecule has 4 rings (SSSR count). The van der Waals surface area contributed by atoms with Gasteiger partial charge in [-0.3, -0.25) is 4.79 Å². The Morgan fingerprint density at radius 1 is 1.19 bits per heavy atom. The van der Waals surface area contributed by atoms with Gasteiger partial charge in [0, 0.05) is 23.8 Å². The van der Waals surface area contributed by atoms with Gasteiger partial charge in [-0.25, -0.2) is 22.5 Å². The van der Waals surface area contributed by atoms with Crippen molar-refractivity contribution in [2.45, 2.75) is 51.7 Å². The van der Waals surface area contributed by atoms with Crippen LogP contribution < -0.4 is 10.0 Å². The first-order valence-corrected chi connectivity index (χ1v) is 13.8. The summed E-state index contributed by atoms with van der Waals surface area (Å²) in [5.41, 5.74) is 2.10. The summed E-state index contributed by atoms with van der Waals surface area (Å²) in [7, 11) is -3.20. The number of carbonyl (C=O) groups is 1. The average Bonchev–Trinajstić information content (AvgIpc) is 3.28. The van der Waals surface area contributed by atoms with Crippen molar-refractivity contribution in [2.75, 3.05) is 6.26 Å². The number of carbonyl (C=O) groups excluding carboxylic acids is 1. The molecule has 36 heavy (non-hydrogen) atoms. The van der Waals surface area contributed by atoms with Gasteiger partial charge in [-0.15, -0.1) is 10.2 Å². The molecule has 0 saturated heterocycles. The second-order valence-corrected chi connectivity index (χ2v) is 11.3. The lowest BCUT2D eigenvalue weighted by Crippen LogP contribution is -2.37. The standard InChI is InChI=1S/C23H27ClFN7O3S/c1-14-9-17(11-21(27-14)23(33)26-12-16-5-8-20(25)19(24)10-16)22-28-31-32(29-22)13-15-3-6-18(7-4-15)30-36(2,34)35/h5,8-11,15,18,30H,3-4,6-7,12-13H2,1-2H3,(H,26,33)/t15-,18-. The lowest BCUT2D eigenvalue weighted by molar-refractivity contribution is 0.0945. The van der Waals surface area contributed by atoms with Gasteiger partial charge < -0.3 is 5.32 Å². The molecular weight excluding hydrogens is 509 g/mol. The number of hydrogen-bond donors (Lipinski definition) is 2. The lowest BCUT2D eigenvalue weighted by Gasteiger charge is -2.27. The molecule has 2 aromatic heterocycles. The van der Waals surface area contributed by atoms with E-state index in [9.17, 15) is 17.6 Å². The van der Waals surface area contributed by atoms with E-state index in [1.165, 1.54) is 23.2 Å². The van der Waals surface area contributed by atoms with Gasteiger partial charge in [-0.2, -0.15) is 4.80 Å². The van der Waals surface area contributed by atoms with Crippen molar-refractivity contribution in [1.82, 2.24) is 35.2 Å². The van der Waals surface area contributed by atoms with Crippen molar-refractivity contribution in [1.29, 1.82) is 0 Å². The van der Waals surface area contributed by atoms with Crippen molar-refractivity contribution in [3.63, 3.8) is 0 Å². The van der Waals surface area contributed by atoms with E-state index in [4.69, 9.17) is 11.6 Å². The van der Waals surface area contributed by atoms with Crippen LogP contribution in [0, 0.1) is 18.7 Å². The fraction of sp³-hybridized carbons (Fsp3) is 0.435. The molecule has 0 bridgehead atoms. The summed E-state index contributed by atoms with van der Waals surface area (Å²) >= 11 is 5.80. The van der Waals surface area contributed by atoms with Gasteiger partial charge in [0.2, 0.25) is 15.8 Å². The number of pyridine rings is 1. The second-order valence-electron chi connectivity index (χ2n) is 9.09. The number of aryl methyl sites for hydroxylation is 1. The van der Waals surface area contributed by atoms with Gasteiger partial charge in [-0.1, -0.05) is 17.7 Å². The molecule has 1 aliphatic rings. The molecule has 0 unspecified atom stereocenters. The first kappa shape index (κ1) is 26.1. The van der Waals surface area contributed by atoms with Gasteiger partial charge >= 0.3 is 0 Å². The minimum absolute atomic E-state index is 0.00880. The Labute approximate surface area is 213 Å². The van der Waals surface area contributed by atoms with E-state index in [0.29, 0.717) is 35.1 Å². The molecule has 0 atom stereocenters. The summed E-state index contributed by atoms with van der Waals surface area (Å²) in [5.74, 6) is -0.210. The minimum Gasteiger partial charge on any atom is -0.347 e. The zero-order valence-electron chi connectivity index (χ0n) is 19.9. The molecular formula is C23H27ClFN7O3S. The van der Waals surface area contributed by atoms with Crippen molar-refractivity contribution in [3.8, 4) is 11.4 Å². The number of rotatable bonds is 8. The molecule has 1 fully saturated rings. The maximum atomic E-state index is 13.3. The molecule has 1 aliphatic carbocycles. The van der Waals surface area contributed by atoms with Crippen LogP contribution in [0.15, 0.2) is 30.3 Å². The third-order valence-electron chi connectivity index (χ3n) is 5.98. The Balaban J connectivity index is 1.38. The summed E-state index contributed by atoms with van der Waals surface area (Å²) in [6.07, 6.45) is 4.44. The van der Waals surface area contributed by atoms with Crippen LogP contribution in [-0.2, 0) is 23.1 Å². The number of nitrogens with one attached hydrogen (secondary N) is 2. The molecule has 1 amide bonds. The van der Waals surface area contributed by atoms with Crippen LogP contribution in [0.2, 0.25) is 5.02 Å². The third kappa shape index (κ3) is 7.05. The highest BCUT2D eigenvalue weighted by atomic mass is 35.5. The highest BCUT2D eigenvalue weighted by Crippen LogP contribution is 2.26. The Morgan fingerprint density at radius 3 is 2.64 bits per heavy atom. The fourth-order valence-electron chi connectivity index (χ4n) is 4.27. The summed E-state index contributed by atoms with van der Waals surface area (Å²) in [4.78, 5) is 18.5. The highest BCUT2D eigenvalue weighted by Gasteiger charge is 2.24. The predicted octanol–water partition coefficient (Wildman–Crippen LogP) is 2.87. The van der Waals surface area contributed by atoms with Gasteiger partial charge in [-0.05, 0) is 73.6 Å². The van der Waals surface area contributed by atoms with Gasteiger partial charge in [0.05, 0.1) is 17.8 Å². The molecule has 192 valence electrons. The smallest absolute Gasteiger partial charge is 0.270 e. The van der Waals surface area contributed by atoms with Crippen LogP contribution in [-0.4, -0.2) is 51.8 Å². The molecule has 1 aromatic carbocycles. The number of tetrazole rings is 1. The average molecular weight is 536 g/mol. The van der Waals surface area contributed by atoms with E-state index in [1.54, 1.807) is 25.1 Å². The highest BCUT2D eigenvalue weighted by molar-refractivity contribution is 7.88. The summed E-state index contributed by atoms with van der Waals surface area (Å²) in [6, 6.07) is 7.61. The molecule has 0 spiro atoms. The Morgan fingerprint density at radius 2 is 1.94 bits per heavy atom. The van der Waals surface area contributed by atoms with Crippen LogP contribution in [0.3, 0.4) is 0 Å². The van der Waals surface area contributed by atoms with Crippen LogP contribution in [0.4, 0.5) is 4.39 Å². The zero-order chi connectivity index (χ0) is 25.9. The quantitative estimate of drug-likeness (QED) is 0.453. The fourth-order valence-corrected chi connectivity index (χ4v) is 5.31. The number of aromatic nitrogens is 5. The predicted molar refractivity (Wildman–Crippen MR) is 132 cm³/mol. The lowest BCUT2D eigenvalue weighted by atomic mass is 9.86. The minimum atomic E-state index is -3.20. The van der Waals surface area contributed by atoms with Crippen LogP contribution >= 0.6 is 11.6 Å². The number of nitrogens with zero attached hydrogens (tertiary/aromatic N) is 5. The molecule has 2 heterocycles. The van der Waals surface area contributed by atoms with E-state index < -0.39 is 21.7 Å². The largest absolute Gasteiger partial charge is 0.347 e. The summed E-state index contributed by atoms with van der Waals surface area (Å²) in [5, 5.41) is 15.5. The first-order valence-electron chi connectivity index (χ1n) is 11.5. The molecule has 3 aromatic rings. The van der Waals surface area contributed by atoms with E-state index in [-0.39, 0.29) is 23.3 Å².